The summed E-state index contributed by atoms with van der Waals surface area (Å²) >= 11 is 0. The van der Waals surface area contributed by atoms with Gasteiger partial charge in [0, 0.05) is 25.7 Å². The minimum atomic E-state index is 0.327. The summed E-state index contributed by atoms with van der Waals surface area (Å²) in [4.78, 5) is 2.44. The van der Waals surface area contributed by atoms with Gasteiger partial charge in [-0.05, 0) is 39.3 Å². The lowest BCUT2D eigenvalue weighted by Gasteiger charge is -2.31. The second kappa shape index (κ2) is 6.80. The van der Waals surface area contributed by atoms with Crippen molar-refractivity contribution in [2.75, 3.05) is 32.8 Å². The van der Waals surface area contributed by atoms with Crippen LogP contribution >= 0.6 is 0 Å². The van der Waals surface area contributed by atoms with Crippen LogP contribution in [0.25, 0.3) is 0 Å². The van der Waals surface area contributed by atoms with Gasteiger partial charge in [0.2, 0.25) is 0 Å². The number of hydrogen-bond acceptors (Lipinski definition) is 3. The smallest absolute Gasteiger partial charge is 0.0937 e. The lowest BCUT2D eigenvalue weighted by Crippen LogP contribution is -2.38. The number of piperidine rings is 1. The molecule has 1 rings (SSSR count). The standard InChI is InChI=1S/C11H23N3O/c1-2-15-9-3-6-14-7-4-10(5-8-14)11(12)13/h10H,2-9H2,1H3,(H3,12,13). The fourth-order valence-corrected chi connectivity index (χ4v) is 2.00. The molecular weight excluding hydrogens is 190 g/mol. The van der Waals surface area contributed by atoms with Crippen molar-refractivity contribution in [1.29, 1.82) is 5.41 Å². The van der Waals surface area contributed by atoms with Crippen molar-refractivity contribution in [3.63, 3.8) is 0 Å². The first-order valence-electron chi connectivity index (χ1n) is 5.88. The van der Waals surface area contributed by atoms with E-state index in [0.717, 1.165) is 52.1 Å². The SMILES string of the molecule is CCOCCCN1CCC(C(=N)N)CC1. The van der Waals surface area contributed by atoms with E-state index < -0.39 is 0 Å². The first-order valence-corrected chi connectivity index (χ1v) is 5.88. The molecule has 1 aliphatic heterocycles. The zero-order valence-electron chi connectivity index (χ0n) is 9.67. The van der Waals surface area contributed by atoms with Crippen molar-refractivity contribution in [1.82, 2.24) is 4.90 Å². The zero-order chi connectivity index (χ0) is 11.1. The number of amidine groups is 1. The number of nitrogens with two attached hydrogens (primary N) is 1. The molecule has 0 amide bonds. The number of likely N-dealkylation sites (tertiary alicyclic amines) is 1. The summed E-state index contributed by atoms with van der Waals surface area (Å²) in [6.07, 6.45) is 3.20. The Kier molecular flexibility index (Phi) is 5.65. The van der Waals surface area contributed by atoms with Gasteiger partial charge in [0.15, 0.2) is 0 Å². The molecule has 1 heterocycles. The van der Waals surface area contributed by atoms with Crippen molar-refractivity contribution < 1.29 is 4.74 Å². The van der Waals surface area contributed by atoms with Crippen LogP contribution in [0.1, 0.15) is 26.2 Å². The van der Waals surface area contributed by atoms with E-state index in [0.29, 0.717) is 11.8 Å². The molecule has 1 fully saturated rings. The highest BCUT2D eigenvalue weighted by Crippen LogP contribution is 2.16. The van der Waals surface area contributed by atoms with Crippen LogP contribution in [0.3, 0.4) is 0 Å². The Morgan fingerprint density at radius 2 is 2.13 bits per heavy atom. The van der Waals surface area contributed by atoms with Crippen LogP contribution in [0.4, 0.5) is 0 Å². The Balaban J connectivity index is 2.07. The van der Waals surface area contributed by atoms with Crippen LogP contribution in [-0.4, -0.2) is 43.6 Å². The fraction of sp³-hybridized carbons (Fsp3) is 0.909. The minimum absolute atomic E-state index is 0.327. The van der Waals surface area contributed by atoms with Gasteiger partial charge in [0.25, 0.3) is 0 Å². The van der Waals surface area contributed by atoms with Gasteiger partial charge in [-0.15, -0.1) is 0 Å². The summed E-state index contributed by atoms with van der Waals surface area (Å²) < 4.78 is 5.30. The lowest BCUT2D eigenvalue weighted by molar-refractivity contribution is 0.124. The van der Waals surface area contributed by atoms with Crippen molar-refractivity contribution in [3.8, 4) is 0 Å². The zero-order valence-corrected chi connectivity index (χ0v) is 9.67. The Morgan fingerprint density at radius 1 is 1.47 bits per heavy atom. The highest BCUT2D eigenvalue weighted by Gasteiger charge is 2.20. The maximum absolute atomic E-state index is 7.39. The van der Waals surface area contributed by atoms with Gasteiger partial charge < -0.3 is 15.4 Å². The van der Waals surface area contributed by atoms with Gasteiger partial charge in [0.05, 0.1) is 5.84 Å². The Morgan fingerprint density at radius 3 is 2.67 bits per heavy atom. The summed E-state index contributed by atoms with van der Waals surface area (Å²) in [7, 11) is 0. The van der Waals surface area contributed by atoms with Crippen molar-refractivity contribution >= 4 is 5.84 Å². The molecule has 4 nitrogen and oxygen atoms in total. The highest BCUT2D eigenvalue weighted by molar-refractivity contribution is 5.79. The van der Waals surface area contributed by atoms with E-state index in [4.69, 9.17) is 15.9 Å². The Bertz CT molecular complexity index is 188. The van der Waals surface area contributed by atoms with Crippen LogP contribution in [0, 0.1) is 11.3 Å². The van der Waals surface area contributed by atoms with E-state index in [1.807, 2.05) is 6.92 Å². The highest BCUT2D eigenvalue weighted by atomic mass is 16.5. The van der Waals surface area contributed by atoms with Crippen molar-refractivity contribution in [3.05, 3.63) is 0 Å². The van der Waals surface area contributed by atoms with Crippen LogP contribution in [0.15, 0.2) is 0 Å². The molecule has 4 heteroatoms. The van der Waals surface area contributed by atoms with Gasteiger partial charge in [-0.3, -0.25) is 5.41 Å². The van der Waals surface area contributed by atoms with E-state index >= 15 is 0 Å². The third kappa shape index (κ3) is 4.62. The number of rotatable bonds is 6. The molecular formula is C11H23N3O. The molecule has 0 spiro atoms. The minimum Gasteiger partial charge on any atom is -0.387 e. The summed E-state index contributed by atoms with van der Waals surface area (Å²) in [6.45, 7) is 6.98. The van der Waals surface area contributed by atoms with Gasteiger partial charge in [-0.25, -0.2) is 0 Å². The number of nitrogens with one attached hydrogen (secondary N) is 1. The molecule has 0 atom stereocenters. The number of hydrogen-bond donors (Lipinski definition) is 2. The van der Waals surface area contributed by atoms with Gasteiger partial charge in [-0.1, -0.05) is 0 Å². The topological polar surface area (TPSA) is 62.3 Å². The second-order valence-electron chi connectivity index (χ2n) is 4.12. The lowest BCUT2D eigenvalue weighted by atomic mass is 9.96. The molecule has 0 bridgehead atoms. The molecule has 0 aromatic rings. The monoisotopic (exact) mass is 213 g/mol. The van der Waals surface area contributed by atoms with Gasteiger partial charge in [-0.2, -0.15) is 0 Å². The molecule has 0 aromatic carbocycles. The van der Waals surface area contributed by atoms with E-state index in [1.165, 1.54) is 0 Å². The number of nitrogens with zero attached hydrogens (tertiary/aromatic N) is 1. The third-order valence-electron chi connectivity index (χ3n) is 2.99. The molecule has 1 aliphatic rings. The molecule has 0 aromatic heterocycles. The predicted molar refractivity (Wildman–Crippen MR) is 62.2 cm³/mol. The van der Waals surface area contributed by atoms with E-state index in [1.54, 1.807) is 0 Å². The van der Waals surface area contributed by atoms with Crippen LogP contribution in [-0.2, 0) is 4.74 Å². The maximum Gasteiger partial charge on any atom is 0.0937 e. The molecule has 1 saturated heterocycles. The largest absolute Gasteiger partial charge is 0.387 e. The number of ether oxygens (including phenoxy) is 1. The van der Waals surface area contributed by atoms with Gasteiger partial charge >= 0.3 is 0 Å². The first-order chi connectivity index (χ1) is 7.24. The normalized spacial score (nSPS) is 19.3. The molecule has 0 radical (unpaired) electrons. The second-order valence-corrected chi connectivity index (χ2v) is 4.12. The summed E-state index contributed by atoms with van der Waals surface area (Å²) in [5, 5.41) is 7.39. The Hall–Kier alpha value is -0.610. The average molecular weight is 213 g/mol. The van der Waals surface area contributed by atoms with Crippen molar-refractivity contribution in [2.24, 2.45) is 11.7 Å². The first kappa shape index (κ1) is 12.5. The maximum atomic E-state index is 7.39. The van der Waals surface area contributed by atoms with E-state index in [9.17, 15) is 0 Å². The molecule has 0 saturated carbocycles. The molecule has 0 unspecified atom stereocenters. The van der Waals surface area contributed by atoms with E-state index in [-0.39, 0.29) is 0 Å². The van der Waals surface area contributed by atoms with Crippen molar-refractivity contribution in [2.45, 2.75) is 26.2 Å². The third-order valence-corrected chi connectivity index (χ3v) is 2.99. The van der Waals surface area contributed by atoms with Gasteiger partial charge in [0.1, 0.15) is 0 Å². The van der Waals surface area contributed by atoms with Crippen LogP contribution in [0.5, 0.6) is 0 Å². The Labute approximate surface area is 92.3 Å². The summed E-state index contributed by atoms with van der Waals surface area (Å²) in [6, 6.07) is 0. The van der Waals surface area contributed by atoms with Crippen LogP contribution in [0.2, 0.25) is 0 Å². The average Bonchev–Trinajstić information content (AvgIpc) is 2.25. The van der Waals surface area contributed by atoms with Crippen LogP contribution < -0.4 is 5.73 Å². The fourth-order valence-electron chi connectivity index (χ4n) is 2.00. The molecule has 3 N–H and O–H groups in total. The molecule has 0 aliphatic carbocycles. The summed E-state index contributed by atoms with van der Waals surface area (Å²) in [5.41, 5.74) is 5.50. The predicted octanol–water partition coefficient (Wildman–Crippen LogP) is 1.06. The molecule has 88 valence electrons. The van der Waals surface area contributed by atoms with E-state index in [2.05, 4.69) is 4.90 Å². The quantitative estimate of drug-likeness (QED) is 0.394. The molecule has 15 heavy (non-hydrogen) atoms. The summed E-state index contributed by atoms with van der Waals surface area (Å²) in [5.74, 6) is 0.692.